The average Bonchev–Trinajstić information content (AvgIpc) is 3.88. The Kier molecular flexibility index (Phi) is 7.52. The summed E-state index contributed by atoms with van der Waals surface area (Å²) in [5, 5.41) is 15.3. The van der Waals surface area contributed by atoms with Gasteiger partial charge in [-0.2, -0.15) is 0 Å². The maximum absolute atomic E-state index is 2.60. The van der Waals surface area contributed by atoms with Gasteiger partial charge < -0.3 is 0 Å². The molecule has 0 radical (unpaired) electrons. The van der Waals surface area contributed by atoms with E-state index in [-0.39, 0.29) is 0 Å². The maximum atomic E-state index is 2.60. The van der Waals surface area contributed by atoms with Gasteiger partial charge in [0.05, 0.1) is 5.41 Å². The van der Waals surface area contributed by atoms with Crippen LogP contribution < -0.4 is 0 Å². The molecular formula is C67H40. The summed E-state index contributed by atoms with van der Waals surface area (Å²) >= 11 is 0. The van der Waals surface area contributed by atoms with E-state index in [4.69, 9.17) is 0 Å². The Labute approximate surface area is 388 Å². The van der Waals surface area contributed by atoms with Crippen molar-refractivity contribution in [3.8, 4) is 55.6 Å². The lowest BCUT2D eigenvalue weighted by atomic mass is 9.68. The molecule has 2 aliphatic rings. The molecule has 0 aliphatic heterocycles. The first kappa shape index (κ1) is 36.7. The zero-order valence-electron chi connectivity index (χ0n) is 36.6. The quantitative estimate of drug-likeness (QED) is 0.123. The van der Waals surface area contributed by atoms with Gasteiger partial charge in [0.15, 0.2) is 0 Å². The van der Waals surface area contributed by atoms with Gasteiger partial charge in [0.25, 0.3) is 0 Å². The normalized spacial score (nSPS) is 13.2. The second-order valence-electron chi connectivity index (χ2n) is 18.6. The van der Waals surface area contributed by atoms with Gasteiger partial charge in [-0.1, -0.05) is 231 Å². The monoisotopic (exact) mass is 844 g/mol. The zero-order valence-corrected chi connectivity index (χ0v) is 36.6. The molecule has 2 aliphatic carbocycles. The lowest BCUT2D eigenvalue weighted by Gasteiger charge is -2.33. The van der Waals surface area contributed by atoms with Crippen LogP contribution in [-0.2, 0) is 5.41 Å². The van der Waals surface area contributed by atoms with E-state index in [2.05, 4.69) is 243 Å². The lowest BCUT2D eigenvalue weighted by Crippen LogP contribution is -2.26. The summed E-state index contributed by atoms with van der Waals surface area (Å²) in [6, 6.07) is 91.5. The fourth-order valence-electron chi connectivity index (χ4n) is 12.8. The predicted molar refractivity (Wildman–Crippen MR) is 284 cm³/mol. The Balaban J connectivity index is 1.05. The molecule has 0 saturated heterocycles. The third kappa shape index (κ3) is 4.86. The van der Waals surface area contributed by atoms with Crippen molar-refractivity contribution in [2.75, 3.05) is 0 Å². The van der Waals surface area contributed by atoms with Crippen molar-refractivity contribution in [1.82, 2.24) is 0 Å². The highest BCUT2D eigenvalue weighted by atomic mass is 14.5. The molecule has 0 nitrogen and oxygen atoms in total. The molecule has 0 heterocycles. The molecule has 0 amide bonds. The molecule has 15 rings (SSSR count). The van der Waals surface area contributed by atoms with Crippen LogP contribution in [0.25, 0.3) is 120 Å². The summed E-state index contributed by atoms with van der Waals surface area (Å²) < 4.78 is 0. The number of benzene rings is 13. The van der Waals surface area contributed by atoms with Gasteiger partial charge in [0.2, 0.25) is 0 Å². The van der Waals surface area contributed by atoms with E-state index in [1.54, 1.807) is 0 Å². The molecule has 1 spiro atoms. The molecule has 0 aromatic heterocycles. The van der Waals surface area contributed by atoms with E-state index < -0.39 is 5.41 Å². The summed E-state index contributed by atoms with van der Waals surface area (Å²) in [5.74, 6) is 0. The SMILES string of the molecule is c1ccc2c(c1)-c1ccccc1C21c2c(cc(-c3c4ccccc4c(-c4ccc(-c5ccc6ccccc6c5)cc4)c4ccccc34)c3ccccc23)-c2c1c1ccccc1c1ccccc21. The summed E-state index contributed by atoms with van der Waals surface area (Å²) in [5.41, 5.74) is 17.8. The summed E-state index contributed by atoms with van der Waals surface area (Å²) in [6.07, 6.45) is 0. The Hall–Kier alpha value is -8.58. The molecule has 0 N–H and O–H groups in total. The first-order chi connectivity index (χ1) is 33.3. The van der Waals surface area contributed by atoms with Crippen LogP contribution in [0.4, 0.5) is 0 Å². The average molecular weight is 845 g/mol. The fourth-order valence-corrected chi connectivity index (χ4v) is 12.8. The molecule has 0 saturated carbocycles. The Morgan fingerprint density at radius 2 is 0.627 bits per heavy atom. The minimum atomic E-state index is -0.535. The second kappa shape index (κ2) is 13.7. The van der Waals surface area contributed by atoms with Crippen LogP contribution in [0.2, 0.25) is 0 Å². The van der Waals surface area contributed by atoms with Gasteiger partial charge in [0, 0.05) is 0 Å². The molecule has 0 fully saturated rings. The molecule has 0 atom stereocenters. The van der Waals surface area contributed by atoms with Crippen molar-refractivity contribution in [2.24, 2.45) is 0 Å². The smallest absolute Gasteiger partial charge is 0.0619 e. The zero-order chi connectivity index (χ0) is 43.8. The number of hydrogen-bond donors (Lipinski definition) is 0. The minimum Gasteiger partial charge on any atom is -0.0619 e. The molecule has 13 aromatic rings. The fraction of sp³-hybridized carbons (Fsp3) is 0.0149. The molecule has 0 heteroatoms. The predicted octanol–water partition coefficient (Wildman–Crippen LogP) is 18.0. The van der Waals surface area contributed by atoms with Crippen molar-refractivity contribution < 1.29 is 0 Å². The lowest BCUT2D eigenvalue weighted by molar-refractivity contribution is 0.809. The number of fused-ring (bicyclic) bond motifs is 20. The van der Waals surface area contributed by atoms with Crippen LogP contribution >= 0.6 is 0 Å². The molecule has 13 aromatic carbocycles. The van der Waals surface area contributed by atoms with E-state index in [0.717, 1.165) is 0 Å². The Morgan fingerprint density at radius 1 is 0.209 bits per heavy atom. The van der Waals surface area contributed by atoms with Crippen molar-refractivity contribution in [3.63, 3.8) is 0 Å². The van der Waals surface area contributed by atoms with Gasteiger partial charge in [-0.05, 0) is 155 Å². The first-order valence-electron chi connectivity index (χ1n) is 23.5. The van der Waals surface area contributed by atoms with E-state index >= 15 is 0 Å². The van der Waals surface area contributed by atoms with Crippen molar-refractivity contribution in [2.45, 2.75) is 5.41 Å². The number of hydrogen-bond acceptors (Lipinski definition) is 0. The van der Waals surface area contributed by atoms with Gasteiger partial charge in [0.1, 0.15) is 0 Å². The van der Waals surface area contributed by atoms with Gasteiger partial charge >= 0.3 is 0 Å². The van der Waals surface area contributed by atoms with Gasteiger partial charge in [-0.15, -0.1) is 0 Å². The van der Waals surface area contributed by atoms with Crippen LogP contribution in [0, 0.1) is 0 Å². The summed E-state index contributed by atoms with van der Waals surface area (Å²) in [7, 11) is 0. The van der Waals surface area contributed by atoms with Gasteiger partial charge in [-0.3, -0.25) is 0 Å². The maximum Gasteiger partial charge on any atom is 0.0737 e. The van der Waals surface area contributed by atoms with Crippen molar-refractivity contribution >= 4 is 64.6 Å². The largest absolute Gasteiger partial charge is 0.0737 e. The van der Waals surface area contributed by atoms with Crippen LogP contribution in [0.1, 0.15) is 22.3 Å². The molecular weight excluding hydrogens is 805 g/mol. The highest BCUT2D eigenvalue weighted by molar-refractivity contribution is 6.27. The Bertz CT molecular complexity index is 4160. The van der Waals surface area contributed by atoms with Gasteiger partial charge in [-0.25, -0.2) is 0 Å². The third-order valence-corrected chi connectivity index (χ3v) is 15.4. The van der Waals surface area contributed by atoms with E-state index in [1.165, 1.54) is 143 Å². The van der Waals surface area contributed by atoms with Crippen molar-refractivity contribution in [1.29, 1.82) is 0 Å². The topological polar surface area (TPSA) is 0 Å². The summed E-state index contributed by atoms with van der Waals surface area (Å²) in [6.45, 7) is 0. The molecule has 308 valence electrons. The van der Waals surface area contributed by atoms with E-state index in [1.807, 2.05) is 0 Å². The highest BCUT2D eigenvalue weighted by Gasteiger charge is 2.54. The first-order valence-corrected chi connectivity index (χ1v) is 23.5. The van der Waals surface area contributed by atoms with E-state index in [9.17, 15) is 0 Å². The van der Waals surface area contributed by atoms with Crippen molar-refractivity contribution in [3.05, 3.63) is 265 Å². The molecule has 0 bridgehead atoms. The summed E-state index contributed by atoms with van der Waals surface area (Å²) in [4.78, 5) is 0. The molecule has 0 unspecified atom stereocenters. The molecule has 67 heavy (non-hydrogen) atoms. The van der Waals surface area contributed by atoms with Crippen LogP contribution in [-0.4, -0.2) is 0 Å². The third-order valence-electron chi connectivity index (χ3n) is 15.4. The van der Waals surface area contributed by atoms with E-state index in [0.29, 0.717) is 0 Å². The standard InChI is InChI=1S/C67H40/c1-2-18-44-39-45(38-35-41(44)17-1)42-33-36-43(37-34-42)62-52-25-7-9-27-54(52)63(55-28-10-8-26-53(55)62)58-40-59-64-51-24-6-3-19-46(51)47-20-4-12-30-57(47)66(64)67(65(59)56-29-11-5-21-48(56)58)60-31-15-13-22-49(60)50-23-14-16-32-61(50)67/h1-40H. The highest BCUT2D eigenvalue weighted by Crippen LogP contribution is 2.67. The second-order valence-corrected chi connectivity index (χ2v) is 18.6. The number of rotatable bonds is 3. The Morgan fingerprint density at radius 3 is 1.24 bits per heavy atom. The van der Waals surface area contributed by atoms with Crippen LogP contribution in [0.15, 0.2) is 243 Å². The van der Waals surface area contributed by atoms with Crippen LogP contribution in [0.5, 0.6) is 0 Å². The van der Waals surface area contributed by atoms with Crippen LogP contribution in [0.3, 0.4) is 0 Å². The minimum absolute atomic E-state index is 0.535.